The fraction of sp³-hybridized carbons (Fsp3) is 0. The summed E-state index contributed by atoms with van der Waals surface area (Å²) in [4.78, 5) is 31.3. The number of benzene rings is 1. The van der Waals surface area contributed by atoms with Gasteiger partial charge in [-0.3, -0.25) is 14.9 Å². The minimum atomic E-state index is -0.461. The smallest absolute Gasteiger partial charge is 0.270 e. The van der Waals surface area contributed by atoms with Crippen LogP contribution in [-0.2, 0) is 0 Å². The number of nitro benzene ring substituents is 1. The quantitative estimate of drug-likeness (QED) is 0.539. The molecule has 3 aromatic rings. The van der Waals surface area contributed by atoms with Gasteiger partial charge < -0.3 is 9.97 Å². The number of aromatic nitrogens is 3. The molecule has 0 aliphatic carbocycles. The van der Waals surface area contributed by atoms with E-state index in [9.17, 15) is 14.9 Å². The lowest BCUT2D eigenvalue weighted by Gasteiger charge is -1.97. The Morgan fingerprint density at radius 1 is 1.26 bits per heavy atom. The predicted molar refractivity (Wildman–Crippen MR) is 68.8 cm³/mol. The Morgan fingerprint density at radius 2 is 2.11 bits per heavy atom. The monoisotopic (exact) mass is 256 g/mol. The van der Waals surface area contributed by atoms with Crippen molar-refractivity contribution in [2.24, 2.45) is 0 Å². The van der Waals surface area contributed by atoms with Gasteiger partial charge in [0, 0.05) is 23.4 Å². The number of non-ortho nitro benzene ring substituents is 1. The molecule has 0 fully saturated rings. The minimum absolute atomic E-state index is 0.00183. The normalized spacial score (nSPS) is 10.7. The van der Waals surface area contributed by atoms with Gasteiger partial charge in [-0.15, -0.1) is 0 Å². The maximum atomic E-state index is 11.6. The molecule has 0 saturated heterocycles. The number of nitro groups is 1. The zero-order valence-electron chi connectivity index (χ0n) is 9.58. The van der Waals surface area contributed by atoms with Gasteiger partial charge in [-0.25, -0.2) is 4.98 Å². The van der Waals surface area contributed by atoms with E-state index in [-0.39, 0.29) is 11.2 Å². The standard InChI is InChI=1S/C12H8N4O3/c17-12-9-5-10(15-11(9)13-6-14-12)7-2-1-3-8(4-7)16(18)19/h1-6H,(H2,13,14,15,17). The largest absolute Gasteiger partial charge is 0.339 e. The van der Waals surface area contributed by atoms with Crippen molar-refractivity contribution in [3.05, 3.63) is 57.1 Å². The van der Waals surface area contributed by atoms with Gasteiger partial charge in [0.15, 0.2) is 0 Å². The molecule has 0 aliphatic rings. The van der Waals surface area contributed by atoms with Crippen LogP contribution in [0.15, 0.2) is 41.5 Å². The van der Waals surface area contributed by atoms with Crippen molar-refractivity contribution < 1.29 is 4.92 Å². The Kier molecular flexibility index (Phi) is 2.38. The maximum absolute atomic E-state index is 11.6. The summed E-state index contributed by atoms with van der Waals surface area (Å²) in [5.41, 5.74) is 1.44. The van der Waals surface area contributed by atoms with Crippen LogP contribution in [0.3, 0.4) is 0 Å². The van der Waals surface area contributed by atoms with Crippen LogP contribution < -0.4 is 5.56 Å². The second-order valence-corrected chi connectivity index (χ2v) is 3.98. The van der Waals surface area contributed by atoms with Crippen LogP contribution in [0.4, 0.5) is 5.69 Å². The lowest BCUT2D eigenvalue weighted by molar-refractivity contribution is -0.384. The van der Waals surface area contributed by atoms with Crippen molar-refractivity contribution in [3.8, 4) is 11.3 Å². The number of aromatic amines is 2. The van der Waals surface area contributed by atoms with E-state index in [2.05, 4.69) is 15.0 Å². The Hall–Kier alpha value is -2.96. The fourth-order valence-electron chi connectivity index (χ4n) is 1.89. The van der Waals surface area contributed by atoms with Gasteiger partial charge in [0.05, 0.1) is 16.6 Å². The van der Waals surface area contributed by atoms with Crippen molar-refractivity contribution in [2.45, 2.75) is 0 Å². The van der Waals surface area contributed by atoms with E-state index in [4.69, 9.17) is 0 Å². The molecule has 0 saturated carbocycles. The van der Waals surface area contributed by atoms with Crippen molar-refractivity contribution in [2.75, 3.05) is 0 Å². The number of hydrogen-bond acceptors (Lipinski definition) is 4. The summed E-state index contributed by atoms with van der Waals surface area (Å²) >= 11 is 0. The molecule has 19 heavy (non-hydrogen) atoms. The topological polar surface area (TPSA) is 105 Å². The van der Waals surface area contributed by atoms with Crippen LogP contribution in [-0.4, -0.2) is 19.9 Å². The molecule has 0 aliphatic heterocycles. The first-order valence-electron chi connectivity index (χ1n) is 5.46. The molecular formula is C12H8N4O3. The molecule has 0 bridgehead atoms. The van der Waals surface area contributed by atoms with Crippen LogP contribution >= 0.6 is 0 Å². The van der Waals surface area contributed by atoms with Crippen molar-refractivity contribution in [1.29, 1.82) is 0 Å². The van der Waals surface area contributed by atoms with Crippen molar-refractivity contribution in [3.63, 3.8) is 0 Å². The molecule has 0 atom stereocenters. The van der Waals surface area contributed by atoms with Gasteiger partial charge in [-0.1, -0.05) is 12.1 Å². The van der Waals surface area contributed by atoms with Crippen molar-refractivity contribution in [1.82, 2.24) is 15.0 Å². The minimum Gasteiger partial charge on any atom is -0.339 e. The van der Waals surface area contributed by atoms with Crippen LogP contribution in [0, 0.1) is 10.1 Å². The second-order valence-electron chi connectivity index (χ2n) is 3.98. The summed E-state index contributed by atoms with van der Waals surface area (Å²) in [6.45, 7) is 0. The van der Waals surface area contributed by atoms with Gasteiger partial charge in [0.25, 0.3) is 11.2 Å². The third-order valence-electron chi connectivity index (χ3n) is 2.80. The molecule has 2 N–H and O–H groups in total. The summed E-state index contributed by atoms with van der Waals surface area (Å²) in [6, 6.07) is 7.80. The molecular weight excluding hydrogens is 248 g/mol. The van der Waals surface area contributed by atoms with E-state index < -0.39 is 4.92 Å². The van der Waals surface area contributed by atoms with Crippen LogP contribution in [0.2, 0.25) is 0 Å². The average molecular weight is 256 g/mol. The third-order valence-corrected chi connectivity index (χ3v) is 2.80. The SMILES string of the molecule is O=c1[nH]cnc2[nH]c(-c3cccc([N+](=O)[O-])c3)cc12. The number of hydrogen-bond donors (Lipinski definition) is 2. The highest BCUT2D eigenvalue weighted by molar-refractivity contribution is 5.82. The van der Waals surface area contributed by atoms with Gasteiger partial charge in [0.2, 0.25) is 0 Å². The number of H-pyrrole nitrogens is 2. The number of fused-ring (bicyclic) bond motifs is 1. The first-order valence-corrected chi connectivity index (χ1v) is 5.46. The third kappa shape index (κ3) is 1.86. The van der Waals surface area contributed by atoms with E-state index >= 15 is 0 Å². The summed E-state index contributed by atoms with van der Waals surface area (Å²) in [5, 5.41) is 11.2. The van der Waals surface area contributed by atoms with E-state index in [1.54, 1.807) is 18.2 Å². The second kappa shape index (κ2) is 4.05. The molecule has 0 amide bonds. The highest BCUT2D eigenvalue weighted by Gasteiger charge is 2.10. The van der Waals surface area contributed by atoms with E-state index in [1.807, 2.05) is 0 Å². The molecule has 1 aromatic carbocycles. The summed E-state index contributed by atoms with van der Waals surface area (Å²) in [6.07, 6.45) is 1.30. The van der Waals surface area contributed by atoms with E-state index in [0.29, 0.717) is 22.3 Å². The summed E-state index contributed by atoms with van der Waals surface area (Å²) < 4.78 is 0. The van der Waals surface area contributed by atoms with Crippen LogP contribution in [0.25, 0.3) is 22.3 Å². The number of nitrogens with one attached hydrogen (secondary N) is 2. The molecule has 0 unspecified atom stereocenters. The molecule has 7 heteroatoms. The molecule has 3 rings (SSSR count). The van der Waals surface area contributed by atoms with Gasteiger partial charge in [-0.05, 0) is 6.07 Å². The molecule has 94 valence electrons. The Labute approximate surface area is 106 Å². The Bertz CT molecular complexity index is 834. The molecule has 0 radical (unpaired) electrons. The summed E-state index contributed by atoms with van der Waals surface area (Å²) in [5.74, 6) is 0. The van der Waals surface area contributed by atoms with E-state index in [0.717, 1.165) is 0 Å². The van der Waals surface area contributed by atoms with Gasteiger partial charge in [-0.2, -0.15) is 0 Å². The maximum Gasteiger partial charge on any atom is 0.270 e. The number of nitrogens with zero attached hydrogens (tertiary/aromatic N) is 2. The predicted octanol–water partition coefficient (Wildman–Crippen LogP) is 1.83. The van der Waals surface area contributed by atoms with Gasteiger partial charge >= 0.3 is 0 Å². The highest BCUT2D eigenvalue weighted by atomic mass is 16.6. The average Bonchev–Trinajstić information content (AvgIpc) is 2.84. The molecule has 0 spiro atoms. The lowest BCUT2D eigenvalue weighted by atomic mass is 10.1. The first-order chi connectivity index (χ1) is 9.15. The first kappa shape index (κ1) is 11.1. The zero-order valence-corrected chi connectivity index (χ0v) is 9.58. The zero-order chi connectivity index (χ0) is 13.4. The number of rotatable bonds is 2. The lowest BCUT2D eigenvalue weighted by Crippen LogP contribution is -2.04. The van der Waals surface area contributed by atoms with E-state index in [1.165, 1.54) is 18.5 Å². The molecule has 2 heterocycles. The van der Waals surface area contributed by atoms with Crippen LogP contribution in [0.1, 0.15) is 0 Å². The van der Waals surface area contributed by atoms with Gasteiger partial charge in [0.1, 0.15) is 5.65 Å². The fourth-order valence-corrected chi connectivity index (χ4v) is 1.89. The van der Waals surface area contributed by atoms with Crippen LogP contribution in [0.5, 0.6) is 0 Å². The summed E-state index contributed by atoms with van der Waals surface area (Å²) in [7, 11) is 0. The molecule has 2 aromatic heterocycles. The Morgan fingerprint density at radius 3 is 2.84 bits per heavy atom. The van der Waals surface area contributed by atoms with Crippen molar-refractivity contribution >= 4 is 16.7 Å². The highest BCUT2D eigenvalue weighted by Crippen LogP contribution is 2.24. The Balaban J connectivity index is 2.19. The molecule has 7 nitrogen and oxygen atoms in total.